The van der Waals surface area contributed by atoms with Gasteiger partial charge < -0.3 is 10.2 Å². The molecule has 0 saturated carbocycles. The van der Waals surface area contributed by atoms with Crippen LogP contribution in [0.25, 0.3) is 0 Å². The first-order chi connectivity index (χ1) is 10.0. The number of ether oxygens (including phenoxy) is 1. The topological polar surface area (TPSA) is 116 Å². The van der Waals surface area contributed by atoms with Gasteiger partial charge in [0.15, 0.2) is 11.6 Å². The van der Waals surface area contributed by atoms with E-state index in [1.165, 1.54) is 18.5 Å². The normalized spacial score (nSPS) is 10.2. The second-order valence-electron chi connectivity index (χ2n) is 3.82. The fourth-order valence-corrected chi connectivity index (χ4v) is 1.74. The maximum Gasteiger partial charge on any atom is 0.312 e. The average molecular weight is 330 g/mol. The van der Waals surface area contributed by atoms with Gasteiger partial charge in [0.05, 0.1) is 33.1 Å². The van der Waals surface area contributed by atoms with Crippen LogP contribution in [0.5, 0.6) is 5.75 Å². The Balaban J connectivity index is 2.18. The SMILES string of the molecule is NNc1cnc(COc2cc(Cl)c(Cl)cc2[N+](=O)[O-])cn1. The van der Waals surface area contributed by atoms with Crippen LogP contribution in [0.2, 0.25) is 10.0 Å². The first kappa shape index (κ1) is 15.2. The highest BCUT2D eigenvalue weighted by atomic mass is 35.5. The Hall–Kier alpha value is -2.16. The van der Waals surface area contributed by atoms with Crippen LogP contribution in [0.4, 0.5) is 11.5 Å². The van der Waals surface area contributed by atoms with E-state index in [0.29, 0.717) is 11.5 Å². The third kappa shape index (κ3) is 3.69. The fourth-order valence-electron chi connectivity index (χ4n) is 1.43. The molecular formula is C11H9Cl2N5O3. The first-order valence-electron chi connectivity index (χ1n) is 5.55. The number of nitrogen functional groups attached to an aromatic ring is 1. The Kier molecular flexibility index (Phi) is 4.73. The van der Waals surface area contributed by atoms with Crippen LogP contribution in [0.1, 0.15) is 5.69 Å². The molecule has 0 fully saturated rings. The van der Waals surface area contributed by atoms with Crippen molar-refractivity contribution in [3.63, 3.8) is 0 Å². The van der Waals surface area contributed by atoms with E-state index in [2.05, 4.69) is 15.4 Å². The molecule has 21 heavy (non-hydrogen) atoms. The van der Waals surface area contributed by atoms with Crippen molar-refractivity contribution in [3.8, 4) is 5.75 Å². The van der Waals surface area contributed by atoms with Crippen LogP contribution in [-0.4, -0.2) is 14.9 Å². The van der Waals surface area contributed by atoms with Gasteiger partial charge in [-0.05, 0) is 0 Å². The third-order valence-electron chi connectivity index (χ3n) is 2.43. The van der Waals surface area contributed by atoms with Gasteiger partial charge in [-0.2, -0.15) is 0 Å². The number of anilines is 1. The number of rotatable bonds is 5. The summed E-state index contributed by atoms with van der Waals surface area (Å²) in [6.45, 7) is -0.0172. The quantitative estimate of drug-likeness (QED) is 0.491. The van der Waals surface area contributed by atoms with E-state index in [9.17, 15) is 10.1 Å². The van der Waals surface area contributed by atoms with Crippen LogP contribution in [0.15, 0.2) is 24.5 Å². The van der Waals surface area contributed by atoms with Crippen LogP contribution in [0.3, 0.4) is 0 Å². The molecule has 2 rings (SSSR count). The summed E-state index contributed by atoms with van der Waals surface area (Å²) in [6, 6.07) is 2.41. The van der Waals surface area contributed by atoms with Crippen LogP contribution in [-0.2, 0) is 6.61 Å². The smallest absolute Gasteiger partial charge is 0.312 e. The van der Waals surface area contributed by atoms with Crippen molar-refractivity contribution in [3.05, 3.63) is 50.4 Å². The van der Waals surface area contributed by atoms with Crippen molar-refractivity contribution >= 4 is 34.7 Å². The molecule has 2 aromatic rings. The van der Waals surface area contributed by atoms with E-state index in [4.69, 9.17) is 33.8 Å². The highest BCUT2D eigenvalue weighted by molar-refractivity contribution is 6.42. The zero-order chi connectivity index (χ0) is 15.4. The molecule has 110 valence electrons. The second kappa shape index (κ2) is 6.53. The molecule has 0 unspecified atom stereocenters. The minimum atomic E-state index is -0.606. The molecule has 0 aliphatic carbocycles. The summed E-state index contributed by atoms with van der Waals surface area (Å²) >= 11 is 11.6. The summed E-state index contributed by atoms with van der Waals surface area (Å²) in [5.41, 5.74) is 2.52. The molecule has 10 heteroatoms. The summed E-state index contributed by atoms with van der Waals surface area (Å²) in [5, 5.41) is 11.2. The minimum absolute atomic E-state index is 0.00257. The number of hydrogen-bond donors (Lipinski definition) is 2. The van der Waals surface area contributed by atoms with Crippen LogP contribution < -0.4 is 16.0 Å². The second-order valence-corrected chi connectivity index (χ2v) is 4.63. The fraction of sp³-hybridized carbons (Fsp3) is 0.0909. The molecule has 0 aliphatic heterocycles. The van der Waals surface area contributed by atoms with E-state index >= 15 is 0 Å². The van der Waals surface area contributed by atoms with Gasteiger partial charge in [0.25, 0.3) is 0 Å². The van der Waals surface area contributed by atoms with E-state index in [1.54, 1.807) is 0 Å². The minimum Gasteiger partial charge on any atom is -0.480 e. The number of nitro groups is 1. The Labute approximate surface area is 129 Å². The molecule has 0 atom stereocenters. The lowest BCUT2D eigenvalue weighted by atomic mass is 10.3. The molecule has 0 bridgehead atoms. The lowest BCUT2D eigenvalue weighted by molar-refractivity contribution is -0.385. The van der Waals surface area contributed by atoms with E-state index < -0.39 is 4.92 Å². The van der Waals surface area contributed by atoms with Gasteiger partial charge in [-0.25, -0.2) is 10.8 Å². The van der Waals surface area contributed by atoms with Gasteiger partial charge in [-0.15, -0.1) is 0 Å². The molecule has 1 heterocycles. The number of hydrogen-bond acceptors (Lipinski definition) is 7. The molecular weight excluding hydrogens is 321 g/mol. The molecule has 0 aliphatic rings. The number of halogens is 2. The Morgan fingerprint density at radius 3 is 2.57 bits per heavy atom. The van der Waals surface area contributed by atoms with Crippen molar-refractivity contribution in [2.75, 3.05) is 5.43 Å². The number of aromatic nitrogens is 2. The van der Waals surface area contributed by atoms with Gasteiger partial charge in [0.1, 0.15) is 6.61 Å². The largest absolute Gasteiger partial charge is 0.480 e. The molecule has 0 radical (unpaired) electrons. The predicted octanol–water partition coefficient (Wildman–Crippen LogP) is 2.56. The monoisotopic (exact) mass is 329 g/mol. The summed E-state index contributed by atoms with van der Waals surface area (Å²) < 4.78 is 5.35. The number of nitrogens with two attached hydrogens (primary N) is 1. The molecule has 0 amide bonds. The van der Waals surface area contributed by atoms with Gasteiger partial charge in [0.2, 0.25) is 0 Å². The summed E-state index contributed by atoms with van der Waals surface area (Å²) in [4.78, 5) is 18.3. The van der Waals surface area contributed by atoms with Crippen LogP contribution >= 0.6 is 23.2 Å². The Bertz CT molecular complexity index is 666. The standard InChI is InChI=1S/C11H9Cl2N5O3/c12-7-1-9(18(19)20)10(2-8(7)13)21-5-6-3-16-11(17-14)4-15-6/h1-4H,5,14H2,(H,16,17). The van der Waals surface area contributed by atoms with Gasteiger partial charge in [0, 0.05) is 12.1 Å². The predicted molar refractivity (Wildman–Crippen MR) is 77.3 cm³/mol. The van der Waals surface area contributed by atoms with E-state index in [1.807, 2.05) is 0 Å². The van der Waals surface area contributed by atoms with Crippen molar-refractivity contribution in [1.82, 2.24) is 9.97 Å². The van der Waals surface area contributed by atoms with Crippen molar-refractivity contribution in [2.24, 2.45) is 5.84 Å². The van der Waals surface area contributed by atoms with Gasteiger partial charge >= 0.3 is 5.69 Å². The molecule has 3 N–H and O–H groups in total. The zero-order valence-electron chi connectivity index (χ0n) is 10.4. The first-order valence-corrected chi connectivity index (χ1v) is 6.30. The Morgan fingerprint density at radius 1 is 1.29 bits per heavy atom. The third-order valence-corrected chi connectivity index (χ3v) is 3.15. The summed E-state index contributed by atoms with van der Waals surface area (Å²) in [7, 11) is 0. The number of nitrogens with one attached hydrogen (secondary N) is 1. The lowest BCUT2D eigenvalue weighted by Gasteiger charge is -2.08. The van der Waals surface area contributed by atoms with Crippen molar-refractivity contribution in [1.29, 1.82) is 0 Å². The number of benzene rings is 1. The van der Waals surface area contributed by atoms with E-state index in [-0.39, 0.29) is 28.1 Å². The van der Waals surface area contributed by atoms with Crippen molar-refractivity contribution < 1.29 is 9.66 Å². The molecule has 1 aromatic carbocycles. The maximum atomic E-state index is 11.0. The summed E-state index contributed by atoms with van der Waals surface area (Å²) in [5.74, 6) is 5.55. The number of hydrazine groups is 1. The van der Waals surface area contributed by atoms with Gasteiger partial charge in [-0.1, -0.05) is 23.2 Å². The number of nitro benzene ring substituents is 1. The Morgan fingerprint density at radius 2 is 2.00 bits per heavy atom. The molecule has 0 saturated heterocycles. The number of nitrogens with zero attached hydrogens (tertiary/aromatic N) is 3. The molecule has 1 aromatic heterocycles. The van der Waals surface area contributed by atoms with Crippen molar-refractivity contribution in [2.45, 2.75) is 6.61 Å². The van der Waals surface area contributed by atoms with Gasteiger partial charge in [-0.3, -0.25) is 15.1 Å². The summed E-state index contributed by atoms with van der Waals surface area (Å²) in [6.07, 6.45) is 2.83. The highest BCUT2D eigenvalue weighted by Gasteiger charge is 2.18. The molecule has 8 nitrogen and oxygen atoms in total. The average Bonchev–Trinajstić information content (AvgIpc) is 2.48. The van der Waals surface area contributed by atoms with Crippen LogP contribution in [0, 0.1) is 10.1 Å². The maximum absolute atomic E-state index is 11.0. The van der Waals surface area contributed by atoms with E-state index in [0.717, 1.165) is 6.07 Å². The lowest BCUT2D eigenvalue weighted by Crippen LogP contribution is -2.09. The zero-order valence-corrected chi connectivity index (χ0v) is 11.9. The highest BCUT2D eigenvalue weighted by Crippen LogP contribution is 2.35. The molecule has 0 spiro atoms.